The average molecular weight is 422 g/mol. The standard InChI is InChI=1S/C24H31N5O2/c1-15-4-3-5-18(12-15)16(2)26-24(30)29-14-21-20(22(29)17-6-7-17)13-25-23(28-21)27-19-8-10-31-11-9-19/h3-5,12-13,16-17,19,22H,6-11,14H2,1-2H3,(H,26,30)(H,25,27,28)/t16-,22?/m1/s1. The van der Waals surface area contributed by atoms with Crippen molar-refractivity contribution < 1.29 is 9.53 Å². The quantitative estimate of drug-likeness (QED) is 0.759. The Morgan fingerprint density at radius 2 is 2.03 bits per heavy atom. The van der Waals surface area contributed by atoms with Gasteiger partial charge in [-0.2, -0.15) is 0 Å². The summed E-state index contributed by atoms with van der Waals surface area (Å²) >= 11 is 0. The fraction of sp³-hybridized carbons (Fsp3) is 0.542. The van der Waals surface area contributed by atoms with Crippen LogP contribution in [0.5, 0.6) is 0 Å². The van der Waals surface area contributed by atoms with Crippen LogP contribution in [-0.2, 0) is 11.3 Å². The van der Waals surface area contributed by atoms with E-state index in [1.165, 1.54) is 5.56 Å². The predicted octanol–water partition coefficient (Wildman–Crippen LogP) is 4.11. The fourth-order valence-corrected chi connectivity index (χ4v) is 4.73. The van der Waals surface area contributed by atoms with Crippen LogP contribution in [0.4, 0.5) is 10.7 Å². The molecule has 2 amide bonds. The zero-order valence-electron chi connectivity index (χ0n) is 18.3. The normalized spacial score (nSPS) is 22.1. The third-order valence-electron chi connectivity index (χ3n) is 6.64. The number of nitrogens with one attached hydrogen (secondary N) is 2. The van der Waals surface area contributed by atoms with Crippen LogP contribution in [0.15, 0.2) is 30.5 Å². The molecule has 2 atom stereocenters. The number of aromatic nitrogens is 2. The van der Waals surface area contributed by atoms with E-state index in [1.807, 2.05) is 24.1 Å². The number of fused-ring (bicyclic) bond motifs is 1. The van der Waals surface area contributed by atoms with Gasteiger partial charge in [0.1, 0.15) is 0 Å². The van der Waals surface area contributed by atoms with Crippen LogP contribution < -0.4 is 10.6 Å². The third kappa shape index (κ3) is 4.37. The van der Waals surface area contributed by atoms with Crippen molar-refractivity contribution in [3.8, 4) is 0 Å². The lowest BCUT2D eigenvalue weighted by Gasteiger charge is -2.27. The molecular weight excluding hydrogens is 390 g/mol. The van der Waals surface area contributed by atoms with E-state index in [9.17, 15) is 4.79 Å². The summed E-state index contributed by atoms with van der Waals surface area (Å²) in [4.78, 5) is 24.6. The molecular formula is C24H31N5O2. The molecule has 2 fully saturated rings. The number of hydrogen-bond acceptors (Lipinski definition) is 5. The minimum absolute atomic E-state index is 0.0251. The number of anilines is 1. The molecule has 2 aromatic rings. The Kier molecular flexibility index (Phi) is 5.52. The van der Waals surface area contributed by atoms with Crippen molar-refractivity contribution in [2.75, 3.05) is 18.5 Å². The van der Waals surface area contributed by atoms with Crippen molar-refractivity contribution in [1.29, 1.82) is 0 Å². The van der Waals surface area contributed by atoms with Crippen molar-refractivity contribution in [3.63, 3.8) is 0 Å². The van der Waals surface area contributed by atoms with Crippen molar-refractivity contribution in [2.24, 2.45) is 5.92 Å². The zero-order chi connectivity index (χ0) is 21.4. The number of benzene rings is 1. The van der Waals surface area contributed by atoms with Gasteiger partial charge in [-0.15, -0.1) is 0 Å². The zero-order valence-corrected chi connectivity index (χ0v) is 18.3. The lowest BCUT2D eigenvalue weighted by molar-refractivity contribution is 0.0903. The van der Waals surface area contributed by atoms with Crippen LogP contribution >= 0.6 is 0 Å². The lowest BCUT2D eigenvalue weighted by Crippen LogP contribution is -2.40. The Bertz CT molecular complexity index is 955. The van der Waals surface area contributed by atoms with Gasteiger partial charge in [-0.1, -0.05) is 29.8 Å². The van der Waals surface area contributed by atoms with Crippen molar-refractivity contribution in [2.45, 2.75) is 64.2 Å². The van der Waals surface area contributed by atoms with Crippen LogP contribution in [0.2, 0.25) is 0 Å². The number of carbonyl (C=O) groups excluding carboxylic acids is 1. The fourth-order valence-electron chi connectivity index (χ4n) is 4.73. The van der Waals surface area contributed by atoms with E-state index in [1.54, 1.807) is 0 Å². The van der Waals surface area contributed by atoms with Gasteiger partial charge in [0.05, 0.1) is 24.3 Å². The highest BCUT2D eigenvalue weighted by Gasteiger charge is 2.44. The summed E-state index contributed by atoms with van der Waals surface area (Å²) < 4.78 is 5.44. The van der Waals surface area contributed by atoms with Crippen molar-refractivity contribution in [1.82, 2.24) is 20.2 Å². The number of urea groups is 1. The summed E-state index contributed by atoms with van der Waals surface area (Å²) in [5.74, 6) is 1.18. The smallest absolute Gasteiger partial charge is 0.318 e. The van der Waals surface area contributed by atoms with Crippen LogP contribution in [-0.4, -0.2) is 40.2 Å². The van der Waals surface area contributed by atoms with E-state index in [4.69, 9.17) is 9.72 Å². The van der Waals surface area contributed by atoms with Gasteiger partial charge in [-0.3, -0.25) is 0 Å². The van der Waals surface area contributed by atoms with E-state index in [0.29, 0.717) is 24.5 Å². The molecule has 1 aromatic carbocycles. The highest BCUT2D eigenvalue weighted by Crippen LogP contribution is 2.49. The second kappa shape index (κ2) is 8.46. The maximum Gasteiger partial charge on any atom is 0.318 e. The molecule has 7 heteroatoms. The van der Waals surface area contributed by atoms with Gasteiger partial charge in [0, 0.05) is 31.0 Å². The number of rotatable bonds is 5. The summed E-state index contributed by atoms with van der Waals surface area (Å²) in [6, 6.07) is 8.66. The van der Waals surface area contributed by atoms with E-state index in [2.05, 4.69) is 40.7 Å². The summed E-state index contributed by atoms with van der Waals surface area (Å²) in [6.07, 6.45) is 6.18. The van der Waals surface area contributed by atoms with Crippen LogP contribution in [0.1, 0.15) is 67.1 Å². The molecule has 164 valence electrons. The number of aryl methyl sites for hydroxylation is 1. The molecule has 0 radical (unpaired) electrons. The first-order valence-corrected chi connectivity index (χ1v) is 11.4. The highest BCUT2D eigenvalue weighted by molar-refractivity contribution is 5.76. The molecule has 0 spiro atoms. The molecule has 1 saturated carbocycles. The van der Waals surface area contributed by atoms with E-state index < -0.39 is 0 Å². The minimum atomic E-state index is -0.0483. The monoisotopic (exact) mass is 421 g/mol. The molecule has 1 unspecified atom stereocenters. The van der Waals surface area contributed by atoms with Crippen LogP contribution in [0, 0.1) is 12.8 Å². The molecule has 5 rings (SSSR count). The maximum absolute atomic E-state index is 13.3. The Morgan fingerprint density at radius 1 is 1.23 bits per heavy atom. The summed E-state index contributed by atoms with van der Waals surface area (Å²) in [5, 5.41) is 6.65. The molecule has 1 aromatic heterocycles. The Balaban J connectivity index is 1.31. The Morgan fingerprint density at radius 3 is 2.77 bits per heavy atom. The first-order valence-electron chi connectivity index (χ1n) is 11.4. The van der Waals surface area contributed by atoms with Crippen LogP contribution in [0.3, 0.4) is 0 Å². The predicted molar refractivity (Wildman–Crippen MR) is 119 cm³/mol. The molecule has 2 aliphatic heterocycles. The molecule has 1 saturated heterocycles. The van der Waals surface area contributed by atoms with Gasteiger partial charge in [0.25, 0.3) is 0 Å². The van der Waals surface area contributed by atoms with Gasteiger partial charge >= 0.3 is 6.03 Å². The highest BCUT2D eigenvalue weighted by atomic mass is 16.5. The summed E-state index contributed by atoms with van der Waals surface area (Å²) in [7, 11) is 0. The molecule has 2 N–H and O–H groups in total. The molecule has 3 aliphatic rings. The average Bonchev–Trinajstić information content (AvgIpc) is 3.54. The van der Waals surface area contributed by atoms with Gasteiger partial charge in [0.15, 0.2) is 0 Å². The molecule has 0 bridgehead atoms. The van der Waals surface area contributed by atoms with E-state index in [-0.39, 0.29) is 18.1 Å². The topological polar surface area (TPSA) is 79.4 Å². The van der Waals surface area contributed by atoms with Gasteiger partial charge in [-0.25, -0.2) is 14.8 Å². The number of nitrogens with zero attached hydrogens (tertiary/aromatic N) is 3. The molecule has 1 aliphatic carbocycles. The molecule has 7 nitrogen and oxygen atoms in total. The maximum atomic E-state index is 13.3. The summed E-state index contributed by atoms with van der Waals surface area (Å²) in [5.41, 5.74) is 4.40. The van der Waals surface area contributed by atoms with Gasteiger partial charge in [-0.05, 0) is 51.0 Å². The number of carbonyl (C=O) groups is 1. The minimum Gasteiger partial charge on any atom is -0.381 e. The van der Waals surface area contributed by atoms with Crippen molar-refractivity contribution in [3.05, 3.63) is 52.8 Å². The number of ether oxygens (including phenoxy) is 1. The van der Waals surface area contributed by atoms with Crippen molar-refractivity contribution >= 4 is 12.0 Å². The number of amides is 2. The van der Waals surface area contributed by atoms with E-state index in [0.717, 1.165) is 55.7 Å². The molecule has 31 heavy (non-hydrogen) atoms. The third-order valence-corrected chi connectivity index (χ3v) is 6.64. The number of hydrogen-bond donors (Lipinski definition) is 2. The lowest BCUT2D eigenvalue weighted by atomic mass is 10.1. The van der Waals surface area contributed by atoms with Gasteiger partial charge < -0.3 is 20.3 Å². The second-order valence-electron chi connectivity index (χ2n) is 9.12. The van der Waals surface area contributed by atoms with E-state index >= 15 is 0 Å². The first kappa shape index (κ1) is 20.2. The Hall–Kier alpha value is -2.67. The first-order chi connectivity index (χ1) is 15.1. The molecule has 3 heterocycles. The van der Waals surface area contributed by atoms with Crippen LogP contribution in [0.25, 0.3) is 0 Å². The van der Waals surface area contributed by atoms with Gasteiger partial charge in [0.2, 0.25) is 5.95 Å². The summed E-state index contributed by atoms with van der Waals surface area (Å²) in [6.45, 7) is 6.20. The second-order valence-corrected chi connectivity index (χ2v) is 9.12. The Labute approximate surface area is 183 Å². The SMILES string of the molecule is Cc1cccc([C@@H](C)NC(=O)N2Cc3nc(NC4CCOCC4)ncc3C2C2CC2)c1. The largest absolute Gasteiger partial charge is 0.381 e.